The number of nitrogens with one attached hydrogen (secondary N) is 1. The third-order valence-corrected chi connectivity index (χ3v) is 3.26. The Hall–Kier alpha value is -1.03. The van der Waals surface area contributed by atoms with Crippen molar-refractivity contribution in [2.24, 2.45) is 0 Å². The molecule has 0 fully saturated rings. The fourth-order valence-corrected chi connectivity index (χ4v) is 2.18. The van der Waals surface area contributed by atoms with Gasteiger partial charge in [0.1, 0.15) is 0 Å². The number of halogens is 3. The zero-order valence-electron chi connectivity index (χ0n) is 11.1. The Bertz CT molecular complexity index is 385. The molecule has 0 aliphatic carbocycles. The van der Waals surface area contributed by atoms with Gasteiger partial charge in [0, 0.05) is 0 Å². The van der Waals surface area contributed by atoms with Crippen molar-refractivity contribution in [1.29, 1.82) is 0 Å². The predicted molar refractivity (Wildman–Crippen MR) is 67.8 cm³/mol. The Labute approximate surface area is 106 Å². The molecular weight excluding hydrogens is 239 g/mol. The number of hydrogen-bond acceptors (Lipinski definition) is 1. The van der Waals surface area contributed by atoms with Crippen molar-refractivity contribution in [2.75, 3.05) is 13.6 Å². The molecule has 102 valence electrons. The number of benzene rings is 1. The number of alkyl halides is 3. The lowest BCUT2D eigenvalue weighted by molar-refractivity contribution is -0.138. The molecule has 1 aromatic rings. The fraction of sp³-hybridized carbons (Fsp3) is 0.571. The Morgan fingerprint density at radius 2 is 1.94 bits per heavy atom. The van der Waals surface area contributed by atoms with Crippen LogP contribution in [0.4, 0.5) is 13.2 Å². The van der Waals surface area contributed by atoms with Crippen molar-refractivity contribution in [1.82, 2.24) is 5.32 Å². The van der Waals surface area contributed by atoms with Gasteiger partial charge < -0.3 is 5.32 Å². The van der Waals surface area contributed by atoms with Crippen LogP contribution in [0.25, 0.3) is 0 Å². The van der Waals surface area contributed by atoms with E-state index in [4.69, 9.17) is 0 Å². The molecule has 0 aromatic heterocycles. The Kier molecular flexibility index (Phi) is 5.20. The van der Waals surface area contributed by atoms with Crippen LogP contribution in [0, 0.1) is 6.92 Å². The molecule has 1 unspecified atom stereocenters. The van der Waals surface area contributed by atoms with E-state index in [0.717, 1.165) is 24.9 Å². The average molecular weight is 259 g/mol. The normalized spacial score (nSPS) is 13.7. The van der Waals surface area contributed by atoms with E-state index in [1.54, 1.807) is 12.1 Å². The summed E-state index contributed by atoms with van der Waals surface area (Å²) in [5.74, 6) is 0.318. The summed E-state index contributed by atoms with van der Waals surface area (Å²) in [4.78, 5) is 0. The average Bonchev–Trinajstić information content (AvgIpc) is 2.28. The molecule has 18 heavy (non-hydrogen) atoms. The summed E-state index contributed by atoms with van der Waals surface area (Å²) in [5, 5.41) is 3.07. The highest BCUT2D eigenvalue weighted by atomic mass is 19.4. The van der Waals surface area contributed by atoms with Gasteiger partial charge in [-0.05, 0) is 56.5 Å². The summed E-state index contributed by atoms with van der Waals surface area (Å²) in [7, 11) is 1.88. The Morgan fingerprint density at radius 3 is 2.39 bits per heavy atom. The zero-order valence-corrected chi connectivity index (χ0v) is 11.1. The minimum Gasteiger partial charge on any atom is -0.320 e. The zero-order chi connectivity index (χ0) is 13.8. The molecule has 1 atom stereocenters. The van der Waals surface area contributed by atoms with Gasteiger partial charge >= 0.3 is 6.18 Å². The Balaban J connectivity index is 2.95. The standard InChI is InChI=1S/C14H20F3N/c1-4-11(7-8-18-3)12-5-6-13(10(2)9-12)14(15,16)17/h5-6,9,11,18H,4,7-8H2,1-3H3. The molecule has 1 rings (SSSR count). The molecule has 0 bridgehead atoms. The van der Waals surface area contributed by atoms with Crippen molar-refractivity contribution in [3.05, 3.63) is 34.9 Å². The van der Waals surface area contributed by atoms with Gasteiger partial charge in [0.25, 0.3) is 0 Å². The second-order valence-corrected chi connectivity index (χ2v) is 4.57. The van der Waals surface area contributed by atoms with E-state index in [1.165, 1.54) is 13.0 Å². The lowest BCUT2D eigenvalue weighted by atomic mass is 9.90. The largest absolute Gasteiger partial charge is 0.416 e. The number of rotatable bonds is 5. The minimum absolute atomic E-state index is 0.308. The van der Waals surface area contributed by atoms with Gasteiger partial charge in [0.05, 0.1) is 5.56 Å². The van der Waals surface area contributed by atoms with Gasteiger partial charge in [-0.3, -0.25) is 0 Å². The van der Waals surface area contributed by atoms with E-state index in [-0.39, 0.29) is 0 Å². The summed E-state index contributed by atoms with van der Waals surface area (Å²) in [6.45, 7) is 4.46. The molecule has 0 saturated carbocycles. The van der Waals surface area contributed by atoms with Gasteiger partial charge in [0.2, 0.25) is 0 Å². The maximum atomic E-state index is 12.7. The maximum Gasteiger partial charge on any atom is 0.416 e. The van der Waals surface area contributed by atoms with Crippen LogP contribution in [-0.2, 0) is 6.18 Å². The van der Waals surface area contributed by atoms with Crippen molar-refractivity contribution in [3.63, 3.8) is 0 Å². The molecule has 0 heterocycles. The van der Waals surface area contributed by atoms with Gasteiger partial charge in [-0.15, -0.1) is 0 Å². The molecule has 4 heteroatoms. The first-order valence-electron chi connectivity index (χ1n) is 6.22. The molecule has 1 aromatic carbocycles. The minimum atomic E-state index is -4.25. The van der Waals surface area contributed by atoms with Crippen LogP contribution in [0.3, 0.4) is 0 Å². The van der Waals surface area contributed by atoms with Crippen molar-refractivity contribution in [3.8, 4) is 0 Å². The van der Waals surface area contributed by atoms with E-state index < -0.39 is 11.7 Å². The van der Waals surface area contributed by atoms with Crippen molar-refractivity contribution >= 4 is 0 Å². The van der Waals surface area contributed by atoms with Crippen LogP contribution in [0.15, 0.2) is 18.2 Å². The first-order chi connectivity index (χ1) is 8.40. The third kappa shape index (κ3) is 3.73. The van der Waals surface area contributed by atoms with E-state index in [0.29, 0.717) is 11.5 Å². The van der Waals surface area contributed by atoms with Gasteiger partial charge in [-0.25, -0.2) is 0 Å². The van der Waals surface area contributed by atoms with E-state index in [1.807, 2.05) is 7.05 Å². The highest BCUT2D eigenvalue weighted by molar-refractivity contribution is 5.34. The monoisotopic (exact) mass is 259 g/mol. The van der Waals surface area contributed by atoms with Gasteiger partial charge in [0.15, 0.2) is 0 Å². The highest BCUT2D eigenvalue weighted by Crippen LogP contribution is 2.34. The van der Waals surface area contributed by atoms with Crippen molar-refractivity contribution < 1.29 is 13.2 Å². The molecule has 0 radical (unpaired) electrons. The predicted octanol–water partition coefficient (Wildman–Crippen LogP) is 4.12. The molecule has 1 nitrogen and oxygen atoms in total. The van der Waals surface area contributed by atoms with Crippen molar-refractivity contribution in [2.45, 2.75) is 38.8 Å². The van der Waals surface area contributed by atoms with Crippen LogP contribution in [0.1, 0.15) is 42.4 Å². The van der Waals surface area contributed by atoms with Crippen LogP contribution in [0.5, 0.6) is 0 Å². The van der Waals surface area contributed by atoms with Gasteiger partial charge in [-0.2, -0.15) is 13.2 Å². The Morgan fingerprint density at radius 1 is 1.28 bits per heavy atom. The molecule has 0 aliphatic heterocycles. The fourth-order valence-electron chi connectivity index (χ4n) is 2.18. The summed E-state index contributed by atoms with van der Waals surface area (Å²) in [6, 6.07) is 4.49. The van der Waals surface area contributed by atoms with Crippen LogP contribution in [0.2, 0.25) is 0 Å². The number of aryl methyl sites for hydroxylation is 1. The smallest absolute Gasteiger partial charge is 0.320 e. The first-order valence-corrected chi connectivity index (χ1v) is 6.22. The SMILES string of the molecule is CCC(CCNC)c1ccc(C(F)(F)F)c(C)c1. The molecule has 1 N–H and O–H groups in total. The maximum absolute atomic E-state index is 12.7. The quantitative estimate of drug-likeness (QED) is 0.838. The second kappa shape index (κ2) is 6.23. The van der Waals surface area contributed by atoms with E-state index >= 15 is 0 Å². The highest BCUT2D eigenvalue weighted by Gasteiger charge is 2.32. The molecule has 0 amide bonds. The third-order valence-electron chi connectivity index (χ3n) is 3.26. The second-order valence-electron chi connectivity index (χ2n) is 4.57. The topological polar surface area (TPSA) is 12.0 Å². The van der Waals surface area contributed by atoms with Crippen LogP contribution >= 0.6 is 0 Å². The lowest BCUT2D eigenvalue weighted by Gasteiger charge is -2.18. The van der Waals surface area contributed by atoms with E-state index in [9.17, 15) is 13.2 Å². The first kappa shape index (κ1) is 15.0. The van der Waals surface area contributed by atoms with E-state index in [2.05, 4.69) is 12.2 Å². The summed E-state index contributed by atoms with van der Waals surface area (Å²) < 4.78 is 38.0. The lowest BCUT2D eigenvalue weighted by Crippen LogP contribution is -2.13. The molecule has 0 saturated heterocycles. The van der Waals surface area contributed by atoms with Crippen LogP contribution in [-0.4, -0.2) is 13.6 Å². The summed E-state index contributed by atoms with van der Waals surface area (Å²) in [6.07, 6.45) is -2.38. The van der Waals surface area contributed by atoms with Crippen LogP contribution < -0.4 is 5.32 Å². The molecular formula is C14H20F3N. The summed E-state index contributed by atoms with van der Waals surface area (Å²) >= 11 is 0. The summed E-state index contributed by atoms with van der Waals surface area (Å²) in [5.41, 5.74) is 0.774. The molecule has 0 spiro atoms. The molecule has 0 aliphatic rings. The van der Waals surface area contributed by atoms with Gasteiger partial charge in [-0.1, -0.05) is 19.1 Å². The number of hydrogen-bond donors (Lipinski definition) is 1.